The van der Waals surface area contributed by atoms with Crippen molar-refractivity contribution < 1.29 is 9.13 Å². The van der Waals surface area contributed by atoms with Crippen molar-refractivity contribution in [3.8, 4) is 0 Å². The molecule has 4 rings (SSSR count). The van der Waals surface area contributed by atoms with Crippen molar-refractivity contribution in [2.75, 3.05) is 46.4 Å². The summed E-state index contributed by atoms with van der Waals surface area (Å²) in [4.78, 5) is 5.40. The highest BCUT2D eigenvalue weighted by molar-refractivity contribution is 4.92. The molecule has 2 saturated carbocycles. The van der Waals surface area contributed by atoms with Crippen LogP contribution < -0.4 is 10.9 Å². The van der Waals surface area contributed by atoms with Crippen molar-refractivity contribution in [3.05, 3.63) is 0 Å². The summed E-state index contributed by atoms with van der Waals surface area (Å²) < 4.78 is 19.0. The molecule has 2 aliphatic carbocycles. The lowest BCUT2D eigenvalue weighted by atomic mass is 9.79. The highest BCUT2D eigenvalue weighted by atomic mass is 19.1. The van der Waals surface area contributed by atoms with Gasteiger partial charge in [-0.25, -0.2) is 4.39 Å². The first-order chi connectivity index (χ1) is 13.2. The van der Waals surface area contributed by atoms with Gasteiger partial charge >= 0.3 is 0 Å². The SMILES string of the molecule is COC1CCC(N2CCN(CC3CNNC3C3CCC(F)CC3)CC2)CC1. The van der Waals surface area contributed by atoms with Crippen molar-refractivity contribution in [3.63, 3.8) is 0 Å². The molecule has 0 aromatic rings. The second-order valence-corrected chi connectivity index (χ2v) is 9.33. The highest BCUT2D eigenvalue weighted by Crippen LogP contribution is 2.33. The Morgan fingerprint density at radius 1 is 0.926 bits per heavy atom. The second-order valence-electron chi connectivity index (χ2n) is 9.33. The van der Waals surface area contributed by atoms with Gasteiger partial charge in [0.15, 0.2) is 0 Å². The third-order valence-electron chi connectivity index (χ3n) is 7.74. The van der Waals surface area contributed by atoms with Crippen LogP contribution in [-0.2, 0) is 4.74 Å². The van der Waals surface area contributed by atoms with Crippen LogP contribution >= 0.6 is 0 Å². The number of nitrogens with one attached hydrogen (secondary N) is 2. The molecule has 156 valence electrons. The topological polar surface area (TPSA) is 39.8 Å². The first kappa shape index (κ1) is 20.0. The number of piperazine rings is 1. The van der Waals surface area contributed by atoms with Gasteiger partial charge in [0.2, 0.25) is 0 Å². The Kier molecular flexibility index (Phi) is 7.03. The fourth-order valence-electron chi connectivity index (χ4n) is 5.96. The van der Waals surface area contributed by atoms with E-state index in [1.807, 2.05) is 7.11 Å². The molecule has 0 radical (unpaired) electrons. The molecule has 2 unspecified atom stereocenters. The molecule has 2 aliphatic heterocycles. The van der Waals surface area contributed by atoms with Crippen LogP contribution in [-0.4, -0.2) is 80.5 Å². The van der Waals surface area contributed by atoms with E-state index in [9.17, 15) is 4.39 Å². The van der Waals surface area contributed by atoms with E-state index < -0.39 is 6.17 Å². The molecule has 0 aromatic heterocycles. The Labute approximate surface area is 164 Å². The average Bonchev–Trinajstić information content (AvgIpc) is 3.17. The van der Waals surface area contributed by atoms with Crippen molar-refractivity contribution in [1.82, 2.24) is 20.7 Å². The Bertz CT molecular complexity index is 443. The monoisotopic (exact) mass is 382 g/mol. The van der Waals surface area contributed by atoms with Crippen molar-refractivity contribution in [2.45, 2.75) is 75.7 Å². The summed E-state index contributed by atoms with van der Waals surface area (Å²) in [5, 5.41) is 0. The molecular weight excluding hydrogens is 343 g/mol. The Balaban J connectivity index is 1.21. The zero-order valence-corrected chi connectivity index (χ0v) is 17.0. The molecule has 5 nitrogen and oxygen atoms in total. The summed E-state index contributed by atoms with van der Waals surface area (Å²) in [7, 11) is 1.85. The smallest absolute Gasteiger partial charge is 0.100 e. The van der Waals surface area contributed by atoms with Crippen LogP contribution in [0.1, 0.15) is 51.4 Å². The van der Waals surface area contributed by atoms with E-state index in [2.05, 4.69) is 20.7 Å². The quantitative estimate of drug-likeness (QED) is 0.763. The third kappa shape index (κ3) is 5.02. The third-order valence-corrected chi connectivity index (χ3v) is 7.74. The molecule has 27 heavy (non-hydrogen) atoms. The minimum atomic E-state index is -0.555. The number of hydrogen-bond acceptors (Lipinski definition) is 5. The summed E-state index contributed by atoms with van der Waals surface area (Å²) in [6.07, 6.45) is 8.62. The van der Waals surface area contributed by atoms with Crippen molar-refractivity contribution in [1.29, 1.82) is 0 Å². The molecule has 6 heteroatoms. The van der Waals surface area contributed by atoms with Crippen molar-refractivity contribution in [2.24, 2.45) is 11.8 Å². The van der Waals surface area contributed by atoms with Crippen LogP contribution in [0.3, 0.4) is 0 Å². The van der Waals surface area contributed by atoms with Crippen LogP contribution in [0.2, 0.25) is 0 Å². The maximum absolute atomic E-state index is 13.5. The van der Waals surface area contributed by atoms with Gasteiger partial charge in [-0.05, 0) is 57.3 Å². The van der Waals surface area contributed by atoms with Gasteiger partial charge in [0.1, 0.15) is 6.17 Å². The van der Waals surface area contributed by atoms with E-state index in [4.69, 9.17) is 4.74 Å². The van der Waals surface area contributed by atoms with Crippen LogP contribution in [0.25, 0.3) is 0 Å². The molecule has 4 aliphatic rings. The van der Waals surface area contributed by atoms with Gasteiger partial charge in [-0.2, -0.15) is 0 Å². The minimum Gasteiger partial charge on any atom is -0.381 e. The maximum atomic E-state index is 13.5. The standard InChI is InChI=1S/C21H39FN4O/c1-27-20-8-6-19(7-9-20)26-12-10-25(11-13-26)15-17-14-23-24-21(17)16-2-4-18(22)5-3-16/h16-21,23-24H,2-15H2,1H3. The predicted molar refractivity (Wildman–Crippen MR) is 106 cm³/mol. The number of methoxy groups -OCH3 is 1. The normalized spacial score (nSPS) is 42.4. The van der Waals surface area contributed by atoms with E-state index in [1.165, 1.54) is 58.4 Å². The molecule has 0 aromatic carbocycles. The van der Waals surface area contributed by atoms with Crippen LogP contribution in [0.4, 0.5) is 4.39 Å². The number of halogens is 1. The lowest BCUT2D eigenvalue weighted by Gasteiger charge is -2.43. The minimum absolute atomic E-state index is 0.495. The molecule has 2 N–H and O–H groups in total. The molecule has 4 fully saturated rings. The average molecular weight is 383 g/mol. The number of hydrazine groups is 1. The lowest BCUT2D eigenvalue weighted by molar-refractivity contribution is 0.0199. The Morgan fingerprint density at radius 2 is 1.63 bits per heavy atom. The van der Waals surface area contributed by atoms with Crippen LogP contribution in [0.15, 0.2) is 0 Å². The van der Waals surface area contributed by atoms with Gasteiger partial charge in [-0.1, -0.05) is 0 Å². The van der Waals surface area contributed by atoms with Gasteiger partial charge in [0.25, 0.3) is 0 Å². The van der Waals surface area contributed by atoms with Gasteiger partial charge in [-0.15, -0.1) is 0 Å². The van der Waals surface area contributed by atoms with Gasteiger partial charge < -0.3 is 9.64 Å². The van der Waals surface area contributed by atoms with E-state index in [-0.39, 0.29) is 0 Å². The van der Waals surface area contributed by atoms with Crippen LogP contribution in [0, 0.1) is 11.8 Å². The van der Waals surface area contributed by atoms with E-state index in [1.54, 1.807) is 0 Å². The first-order valence-corrected chi connectivity index (χ1v) is 11.3. The largest absolute Gasteiger partial charge is 0.381 e. The van der Waals surface area contributed by atoms with Gasteiger partial charge in [0, 0.05) is 64.4 Å². The Hall–Kier alpha value is -0.270. The summed E-state index contributed by atoms with van der Waals surface area (Å²) in [5.41, 5.74) is 6.93. The van der Waals surface area contributed by atoms with E-state index >= 15 is 0 Å². The molecule has 2 atom stereocenters. The fraction of sp³-hybridized carbons (Fsp3) is 1.00. The van der Waals surface area contributed by atoms with Gasteiger partial charge in [-0.3, -0.25) is 15.8 Å². The summed E-state index contributed by atoms with van der Waals surface area (Å²) in [6.45, 7) is 7.07. The predicted octanol–water partition coefficient (Wildman–Crippen LogP) is 2.18. The summed E-state index contributed by atoms with van der Waals surface area (Å²) in [5.74, 6) is 1.31. The van der Waals surface area contributed by atoms with Crippen molar-refractivity contribution >= 4 is 0 Å². The van der Waals surface area contributed by atoms with E-state index in [0.29, 0.717) is 24.0 Å². The summed E-state index contributed by atoms with van der Waals surface area (Å²) in [6, 6.07) is 1.30. The number of alkyl halides is 1. The molecule has 0 bridgehead atoms. The second kappa shape index (κ2) is 9.49. The maximum Gasteiger partial charge on any atom is 0.100 e. The molecule has 2 saturated heterocycles. The first-order valence-electron chi connectivity index (χ1n) is 11.3. The summed E-state index contributed by atoms with van der Waals surface area (Å²) >= 11 is 0. The fourth-order valence-corrected chi connectivity index (χ4v) is 5.96. The zero-order chi connectivity index (χ0) is 18.6. The lowest BCUT2D eigenvalue weighted by Crippen LogP contribution is -2.53. The molecule has 0 amide bonds. The Morgan fingerprint density at radius 3 is 2.30 bits per heavy atom. The highest BCUT2D eigenvalue weighted by Gasteiger charge is 2.37. The van der Waals surface area contributed by atoms with Gasteiger partial charge in [0.05, 0.1) is 6.10 Å². The molecular formula is C21H39FN4O. The van der Waals surface area contributed by atoms with E-state index in [0.717, 1.165) is 38.3 Å². The molecule has 2 heterocycles. The molecule has 0 spiro atoms. The van der Waals surface area contributed by atoms with Crippen LogP contribution in [0.5, 0.6) is 0 Å². The zero-order valence-electron chi connectivity index (χ0n) is 17.0. The number of hydrogen-bond donors (Lipinski definition) is 2. The number of nitrogens with zero attached hydrogens (tertiary/aromatic N) is 2. The number of rotatable bonds is 5. The number of ether oxygens (including phenoxy) is 1.